The second kappa shape index (κ2) is 4.04. The largest absolute Gasteiger partial charge is 0.472 e. The van der Waals surface area contributed by atoms with Crippen molar-refractivity contribution >= 4 is 11.5 Å². The maximum absolute atomic E-state index is 5.78. The van der Waals surface area contributed by atoms with Gasteiger partial charge in [-0.15, -0.1) is 0 Å². The highest BCUT2D eigenvalue weighted by Crippen LogP contribution is 2.16. The summed E-state index contributed by atoms with van der Waals surface area (Å²) in [6, 6.07) is 5.64. The van der Waals surface area contributed by atoms with E-state index in [1.807, 2.05) is 25.1 Å². The molecular weight excluding hydrogens is 190 g/mol. The minimum absolute atomic E-state index is 0.657. The topological polar surface area (TPSA) is 64.1 Å². The average Bonchev–Trinajstić information content (AvgIpc) is 2.72. The lowest BCUT2D eigenvalue weighted by Crippen LogP contribution is -2.04. The molecule has 0 aromatic carbocycles. The maximum atomic E-state index is 5.78. The molecule has 0 spiro atoms. The van der Waals surface area contributed by atoms with E-state index in [-0.39, 0.29) is 0 Å². The maximum Gasteiger partial charge on any atom is 0.149 e. The Bertz CT molecular complexity index is 437. The molecule has 4 nitrogen and oxygen atoms in total. The third-order valence-electron chi connectivity index (χ3n) is 2.11. The van der Waals surface area contributed by atoms with Gasteiger partial charge < -0.3 is 15.5 Å². The summed E-state index contributed by atoms with van der Waals surface area (Å²) in [6.45, 7) is 2.60. The molecule has 2 rings (SSSR count). The highest BCUT2D eigenvalue weighted by molar-refractivity contribution is 5.61. The van der Waals surface area contributed by atoms with Crippen LogP contribution in [0.25, 0.3) is 0 Å². The molecule has 0 saturated carbocycles. The van der Waals surface area contributed by atoms with Crippen LogP contribution in [0.1, 0.15) is 11.3 Å². The molecule has 2 heterocycles. The predicted molar refractivity (Wildman–Crippen MR) is 59.4 cm³/mol. The molecule has 0 radical (unpaired) electrons. The molecule has 78 valence electrons. The van der Waals surface area contributed by atoms with Gasteiger partial charge in [0.1, 0.15) is 5.82 Å². The first-order chi connectivity index (χ1) is 7.25. The van der Waals surface area contributed by atoms with Crippen molar-refractivity contribution in [3.05, 3.63) is 42.0 Å². The van der Waals surface area contributed by atoms with Crippen LogP contribution in [-0.2, 0) is 6.54 Å². The van der Waals surface area contributed by atoms with Gasteiger partial charge in [-0.25, -0.2) is 4.98 Å². The Morgan fingerprint density at radius 1 is 1.40 bits per heavy atom. The van der Waals surface area contributed by atoms with E-state index in [4.69, 9.17) is 10.2 Å². The van der Waals surface area contributed by atoms with Gasteiger partial charge in [0, 0.05) is 17.8 Å². The number of aromatic nitrogens is 1. The third-order valence-corrected chi connectivity index (χ3v) is 2.11. The van der Waals surface area contributed by atoms with Crippen LogP contribution in [0.15, 0.2) is 35.1 Å². The zero-order chi connectivity index (χ0) is 10.7. The van der Waals surface area contributed by atoms with Gasteiger partial charge in [0.25, 0.3) is 0 Å². The summed E-state index contributed by atoms with van der Waals surface area (Å²) in [7, 11) is 0. The number of nitrogen functional groups attached to an aromatic ring is 1. The first kappa shape index (κ1) is 9.58. The minimum Gasteiger partial charge on any atom is -0.472 e. The zero-order valence-corrected chi connectivity index (χ0v) is 8.53. The van der Waals surface area contributed by atoms with Crippen LogP contribution in [0, 0.1) is 6.92 Å². The fraction of sp³-hybridized carbons (Fsp3) is 0.182. The first-order valence-corrected chi connectivity index (χ1v) is 4.74. The standard InChI is InChI=1S/C11H13N3O/c1-8-2-3-10(12)11(14-8)13-6-9-4-5-15-7-9/h2-5,7H,6,12H2,1H3,(H,13,14). The number of aryl methyl sites for hydroxylation is 1. The molecule has 4 heteroatoms. The lowest BCUT2D eigenvalue weighted by molar-refractivity contribution is 0.564. The quantitative estimate of drug-likeness (QED) is 0.802. The molecule has 0 aliphatic heterocycles. The Kier molecular flexibility index (Phi) is 2.58. The lowest BCUT2D eigenvalue weighted by atomic mass is 10.3. The molecule has 2 aromatic rings. The van der Waals surface area contributed by atoms with Crippen molar-refractivity contribution in [3.63, 3.8) is 0 Å². The molecule has 15 heavy (non-hydrogen) atoms. The summed E-state index contributed by atoms with van der Waals surface area (Å²) in [4.78, 5) is 4.31. The number of furan rings is 1. The number of hydrogen-bond donors (Lipinski definition) is 2. The second-order valence-corrected chi connectivity index (χ2v) is 3.38. The molecule has 0 aliphatic rings. The van der Waals surface area contributed by atoms with E-state index in [2.05, 4.69) is 10.3 Å². The molecule has 2 aromatic heterocycles. The Labute approximate surface area is 88.1 Å². The van der Waals surface area contributed by atoms with Crippen LogP contribution in [0.5, 0.6) is 0 Å². The molecule has 0 atom stereocenters. The highest BCUT2D eigenvalue weighted by atomic mass is 16.3. The van der Waals surface area contributed by atoms with Gasteiger partial charge in [0.05, 0.1) is 18.2 Å². The monoisotopic (exact) mass is 203 g/mol. The fourth-order valence-corrected chi connectivity index (χ4v) is 1.29. The molecule has 0 aliphatic carbocycles. The van der Waals surface area contributed by atoms with Crippen molar-refractivity contribution in [3.8, 4) is 0 Å². The fourth-order valence-electron chi connectivity index (χ4n) is 1.29. The summed E-state index contributed by atoms with van der Waals surface area (Å²) in [5.41, 5.74) is 8.45. The number of anilines is 2. The third kappa shape index (κ3) is 2.28. The molecular formula is C11H13N3O. The van der Waals surface area contributed by atoms with Crippen LogP contribution < -0.4 is 11.1 Å². The van der Waals surface area contributed by atoms with Gasteiger partial charge in [-0.3, -0.25) is 0 Å². The molecule has 0 amide bonds. The minimum atomic E-state index is 0.657. The van der Waals surface area contributed by atoms with E-state index >= 15 is 0 Å². The molecule has 0 bridgehead atoms. The normalized spacial score (nSPS) is 10.2. The highest BCUT2D eigenvalue weighted by Gasteiger charge is 2.01. The summed E-state index contributed by atoms with van der Waals surface area (Å²) < 4.78 is 4.97. The van der Waals surface area contributed by atoms with Gasteiger partial charge >= 0.3 is 0 Å². The predicted octanol–water partition coefficient (Wildman–Crippen LogP) is 2.18. The second-order valence-electron chi connectivity index (χ2n) is 3.38. The van der Waals surface area contributed by atoms with Gasteiger partial charge in [0.15, 0.2) is 0 Å². The van der Waals surface area contributed by atoms with E-state index in [9.17, 15) is 0 Å². The Hall–Kier alpha value is -1.97. The SMILES string of the molecule is Cc1ccc(N)c(NCc2ccoc2)n1. The van der Waals surface area contributed by atoms with Crippen molar-refractivity contribution < 1.29 is 4.42 Å². The Morgan fingerprint density at radius 3 is 3.00 bits per heavy atom. The van der Waals surface area contributed by atoms with Gasteiger partial charge in [-0.1, -0.05) is 0 Å². The number of nitrogens with one attached hydrogen (secondary N) is 1. The Balaban J connectivity index is 2.07. The van der Waals surface area contributed by atoms with E-state index in [0.29, 0.717) is 12.2 Å². The van der Waals surface area contributed by atoms with Crippen molar-refractivity contribution in [1.29, 1.82) is 0 Å². The van der Waals surface area contributed by atoms with Gasteiger partial charge in [0.2, 0.25) is 0 Å². The average molecular weight is 203 g/mol. The summed E-state index contributed by atoms with van der Waals surface area (Å²) in [5.74, 6) is 0.719. The van der Waals surface area contributed by atoms with E-state index < -0.39 is 0 Å². The van der Waals surface area contributed by atoms with Crippen LogP contribution >= 0.6 is 0 Å². The van der Waals surface area contributed by atoms with Crippen LogP contribution in [0.3, 0.4) is 0 Å². The van der Waals surface area contributed by atoms with Gasteiger partial charge in [-0.05, 0) is 25.1 Å². The van der Waals surface area contributed by atoms with Crippen molar-refractivity contribution in [2.45, 2.75) is 13.5 Å². The van der Waals surface area contributed by atoms with E-state index in [1.54, 1.807) is 12.5 Å². The lowest BCUT2D eigenvalue weighted by Gasteiger charge is -2.07. The van der Waals surface area contributed by atoms with Crippen LogP contribution in [-0.4, -0.2) is 4.98 Å². The van der Waals surface area contributed by atoms with E-state index in [1.165, 1.54) is 0 Å². The van der Waals surface area contributed by atoms with Gasteiger partial charge in [-0.2, -0.15) is 0 Å². The Morgan fingerprint density at radius 2 is 2.27 bits per heavy atom. The van der Waals surface area contributed by atoms with Crippen molar-refractivity contribution in [1.82, 2.24) is 4.98 Å². The number of hydrogen-bond acceptors (Lipinski definition) is 4. The van der Waals surface area contributed by atoms with Crippen LogP contribution in [0.4, 0.5) is 11.5 Å². The zero-order valence-electron chi connectivity index (χ0n) is 8.53. The summed E-state index contributed by atoms with van der Waals surface area (Å²) in [6.07, 6.45) is 3.34. The summed E-state index contributed by atoms with van der Waals surface area (Å²) in [5, 5.41) is 3.16. The number of rotatable bonds is 3. The number of nitrogens with two attached hydrogens (primary N) is 1. The first-order valence-electron chi connectivity index (χ1n) is 4.74. The van der Waals surface area contributed by atoms with E-state index in [0.717, 1.165) is 17.1 Å². The smallest absolute Gasteiger partial charge is 0.149 e. The van der Waals surface area contributed by atoms with Crippen molar-refractivity contribution in [2.24, 2.45) is 0 Å². The van der Waals surface area contributed by atoms with Crippen LogP contribution in [0.2, 0.25) is 0 Å². The molecule has 3 N–H and O–H groups in total. The summed E-state index contributed by atoms with van der Waals surface area (Å²) >= 11 is 0. The molecule has 0 saturated heterocycles. The van der Waals surface area contributed by atoms with Crippen molar-refractivity contribution in [2.75, 3.05) is 11.1 Å². The number of nitrogens with zero attached hydrogens (tertiary/aromatic N) is 1. The number of pyridine rings is 1. The molecule has 0 unspecified atom stereocenters. The molecule has 0 fully saturated rings.